The Morgan fingerprint density at radius 1 is 1.26 bits per heavy atom. The molecule has 2 rings (SSSR count). The number of hydrogen-bond acceptors (Lipinski definition) is 4. The predicted molar refractivity (Wildman–Crippen MR) is 76.9 cm³/mol. The molecule has 1 aliphatic rings. The third-order valence-electron chi connectivity index (χ3n) is 3.16. The van der Waals surface area contributed by atoms with Gasteiger partial charge in [0.2, 0.25) is 0 Å². The molecule has 0 radical (unpaired) electrons. The fourth-order valence-electron chi connectivity index (χ4n) is 2.16. The molecule has 5 heteroatoms. The van der Waals surface area contributed by atoms with Crippen molar-refractivity contribution in [2.45, 2.75) is 12.5 Å². The number of β-amino-alcohol motifs (C(OH)–C–C–N with tert-alkyl or cyclic N) is 1. The van der Waals surface area contributed by atoms with Crippen LogP contribution in [0.25, 0.3) is 0 Å². The quantitative estimate of drug-likeness (QED) is 0.857. The normalized spacial score (nSPS) is 18.8. The molecule has 1 saturated heterocycles. The standard InChI is InChI=1S/C14H21ClN2O2/c15-12-2-4-14(5-3-12)19-11-13(18)10-17-8-1-6-16-7-9-17/h2-5,13,16,18H,1,6-11H2/t13-/m0/s1. The first-order valence-electron chi connectivity index (χ1n) is 6.73. The van der Waals surface area contributed by atoms with Crippen LogP contribution in [0.1, 0.15) is 6.42 Å². The number of benzene rings is 1. The summed E-state index contributed by atoms with van der Waals surface area (Å²) in [6.45, 7) is 5.04. The minimum Gasteiger partial charge on any atom is -0.491 e. The van der Waals surface area contributed by atoms with Gasteiger partial charge in [0.1, 0.15) is 18.5 Å². The van der Waals surface area contributed by atoms with E-state index < -0.39 is 6.10 Å². The first kappa shape index (κ1) is 14.6. The zero-order valence-electron chi connectivity index (χ0n) is 11.0. The van der Waals surface area contributed by atoms with Crippen LogP contribution < -0.4 is 10.1 Å². The maximum absolute atomic E-state index is 10.00. The second-order valence-electron chi connectivity index (χ2n) is 4.82. The highest BCUT2D eigenvalue weighted by Crippen LogP contribution is 2.15. The van der Waals surface area contributed by atoms with Crippen molar-refractivity contribution in [1.82, 2.24) is 10.2 Å². The van der Waals surface area contributed by atoms with Gasteiger partial charge in [-0.05, 0) is 43.8 Å². The molecule has 19 heavy (non-hydrogen) atoms. The van der Waals surface area contributed by atoms with Gasteiger partial charge in [-0.1, -0.05) is 11.6 Å². The lowest BCUT2D eigenvalue weighted by Gasteiger charge is -2.22. The Hall–Kier alpha value is -0.810. The maximum atomic E-state index is 10.00. The summed E-state index contributed by atoms with van der Waals surface area (Å²) in [7, 11) is 0. The Kier molecular flexibility index (Phi) is 5.92. The molecule has 0 aliphatic carbocycles. The van der Waals surface area contributed by atoms with E-state index in [0.717, 1.165) is 38.3 Å². The average molecular weight is 285 g/mol. The summed E-state index contributed by atoms with van der Waals surface area (Å²) in [5.74, 6) is 0.737. The van der Waals surface area contributed by atoms with Crippen molar-refractivity contribution >= 4 is 11.6 Å². The lowest BCUT2D eigenvalue weighted by molar-refractivity contribution is 0.0703. The van der Waals surface area contributed by atoms with Gasteiger partial charge in [-0.2, -0.15) is 0 Å². The Morgan fingerprint density at radius 3 is 2.84 bits per heavy atom. The van der Waals surface area contributed by atoms with Crippen molar-refractivity contribution in [2.24, 2.45) is 0 Å². The van der Waals surface area contributed by atoms with Gasteiger partial charge >= 0.3 is 0 Å². The molecule has 0 saturated carbocycles. The molecule has 1 aromatic rings. The highest BCUT2D eigenvalue weighted by molar-refractivity contribution is 6.30. The van der Waals surface area contributed by atoms with Gasteiger partial charge in [0.25, 0.3) is 0 Å². The van der Waals surface area contributed by atoms with E-state index in [4.69, 9.17) is 16.3 Å². The summed E-state index contributed by atoms with van der Waals surface area (Å²) in [4.78, 5) is 2.27. The van der Waals surface area contributed by atoms with Gasteiger partial charge in [-0.15, -0.1) is 0 Å². The highest BCUT2D eigenvalue weighted by Gasteiger charge is 2.13. The molecule has 1 fully saturated rings. The summed E-state index contributed by atoms with van der Waals surface area (Å²) in [5.41, 5.74) is 0. The molecule has 0 aromatic heterocycles. The van der Waals surface area contributed by atoms with Gasteiger partial charge in [0.05, 0.1) is 0 Å². The summed E-state index contributed by atoms with van der Waals surface area (Å²) >= 11 is 5.80. The van der Waals surface area contributed by atoms with E-state index in [9.17, 15) is 5.11 Å². The van der Waals surface area contributed by atoms with Crippen molar-refractivity contribution < 1.29 is 9.84 Å². The molecule has 2 N–H and O–H groups in total. The fraction of sp³-hybridized carbons (Fsp3) is 0.571. The van der Waals surface area contributed by atoms with Crippen LogP contribution in [0.3, 0.4) is 0 Å². The number of hydrogen-bond donors (Lipinski definition) is 2. The highest BCUT2D eigenvalue weighted by atomic mass is 35.5. The van der Waals surface area contributed by atoms with Crippen LogP contribution in [-0.2, 0) is 0 Å². The molecule has 4 nitrogen and oxygen atoms in total. The van der Waals surface area contributed by atoms with Crippen molar-refractivity contribution in [2.75, 3.05) is 39.3 Å². The SMILES string of the molecule is O[C@H](COc1ccc(Cl)cc1)CN1CCCNCC1. The Labute approximate surface area is 119 Å². The predicted octanol–water partition coefficient (Wildman–Crippen LogP) is 1.38. The number of aliphatic hydroxyl groups excluding tert-OH is 1. The fourth-order valence-corrected chi connectivity index (χ4v) is 2.28. The van der Waals surface area contributed by atoms with E-state index in [0.29, 0.717) is 18.2 Å². The average Bonchev–Trinajstić information content (AvgIpc) is 2.67. The zero-order chi connectivity index (χ0) is 13.5. The molecule has 1 atom stereocenters. The van der Waals surface area contributed by atoms with Crippen LogP contribution in [0.5, 0.6) is 5.75 Å². The first-order chi connectivity index (χ1) is 9.24. The molecule has 1 heterocycles. The van der Waals surface area contributed by atoms with E-state index in [1.54, 1.807) is 12.1 Å². The molecule has 0 amide bonds. The van der Waals surface area contributed by atoms with Crippen LogP contribution in [-0.4, -0.2) is 55.4 Å². The number of rotatable bonds is 5. The second-order valence-corrected chi connectivity index (χ2v) is 5.26. The molecule has 0 bridgehead atoms. The largest absolute Gasteiger partial charge is 0.491 e. The monoisotopic (exact) mass is 284 g/mol. The number of halogens is 1. The van der Waals surface area contributed by atoms with Crippen LogP contribution in [0, 0.1) is 0 Å². The van der Waals surface area contributed by atoms with E-state index in [2.05, 4.69) is 10.2 Å². The number of aliphatic hydroxyl groups is 1. The molecule has 1 aliphatic heterocycles. The third-order valence-corrected chi connectivity index (χ3v) is 3.41. The van der Waals surface area contributed by atoms with Crippen LogP contribution in [0.15, 0.2) is 24.3 Å². The Bertz CT molecular complexity index is 364. The number of nitrogens with one attached hydrogen (secondary N) is 1. The molecular formula is C14H21ClN2O2. The van der Waals surface area contributed by atoms with Crippen molar-refractivity contribution in [3.8, 4) is 5.75 Å². The summed E-state index contributed by atoms with van der Waals surface area (Å²) in [6.07, 6.45) is 0.666. The number of nitrogens with zero attached hydrogens (tertiary/aromatic N) is 1. The lowest BCUT2D eigenvalue weighted by Crippen LogP contribution is -2.37. The van der Waals surface area contributed by atoms with Gasteiger partial charge in [-0.25, -0.2) is 0 Å². The summed E-state index contributed by atoms with van der Waals surface area (Å²) < 4.78 is 5.54. The topological polar surface area (TPSA) is 44.7 Å². The molecule has 1 aromatic carbocycles. The van der Waals surface area contributed by atoms with Gasteiger partial charge in [0.15, 0.2) is 0 Å². The second kappa shape index (κ2) is 7.70. The Morgan fingerprint density at radius 2 is 2.05 bits per heavy atom. The van der Waals surface area contributed by atoms with Gasteiger partial charge in [-0.3, -0.25) is 4.90 Å². The number of ether oxygens (including phenoxy) is 1. The van der Waals surface area contributed by atoms with Gasteiger partial charge < -0.3 is 15.2 Å². The maximum Gasteiger partial charge on any atom is 0.119 e. The molecular weight excluding hydrogens is 264 g/mol. The van der Waals surface area contributed by atoms with E-state index in [-0.39, 0.29) is 0 Å². The first-order valence-corrected chi connectivity index (χ1v) is 7.11. The third kappa shape index (κ3) is 5.37. The van der Waals surface area contributed by atoms with Gasteiger partial charge in [0, 0.05) is 24.7 Å². The zero-order valence-corrected chi connectivity index (χ0v) is 11.8. The minimum absolute atomic E-state index is 0.311. The summed E-state index contributed by atoms with van der Waals surface area (Å²) in [6, 6.07) is 7.18. The minimum atomic E-state index is -0.464. The molecule has 106 valence electrons. The van der Waals surface area contributed by atoms with Crippen LogP contribution in [0.2, 0.25) is 5.02 Å². The summed E-state index contributed by atoms with van der Waals surface area (Å²) in [5, 5.41) is 14.0. The van der Waals surface area contributed by atoms with Crippen molar-refractivity contribution in [1.29, 1.82) is 0 Å². The molecule has 0 spiro atoms. The van der Waals surface area contributed by atoms with Crippen LogP contribution >= 0.6 is 11.6 Å². The van der Waals surface area contributed by atoms with Crippen molar-refractivity contribution in [3.63, 3.8) is 0 Å². The lowest BCUT2D eigenvalue weighted by atomic mass is 10.3. The van der Waals surface area contributed by atoms with Crippen molar-refractivity contribution in [3.05, 3.63) is 29.3 Å². The smallest absolute Gasteiger partial charge is 0.119 e. The van der Waals surface area contributed by atoms with E-state index in [1.165, 1.54) is 0 Å². The Balaban J connectivity index is 1.71. The van der Waals surface area contributed by atoms with E-state index >= 15 is 0 Å². The van der Waals surface area contributed by atoms with Crippen LogP contribution in [0.4, 0.5) is 0 Å². The molecule has 0 unspecified atom stereocenters. The van der Waals surface area contributed by atoms with E-state index in [1.807, 2.05) is 12.1 Å².